The standard InChI is InChI=1S/C22H32N6/c1-21(2,3)15-6-10-18(11-7-15)26-19-14-22(24,16-4-8-17(23)9-5-16)27-28-13-12-25-20(19)28/h6-7,10-14,16-17,26-27H,4-5,8-9,23-24H2,1-3H3. The molecule has 2 aliphatic rings. The van der Waals surface area contributed by atoms with Crippen LogP contribution in [-0.4, -0.2) is 21.4 Å². The van der Waals surface area contributed by atoms with Crippen LogP contribution >= 0.6 is 0 Å². The lowest BCUT2D eigenvalue weighted by atomic mass is 9.78. The summed E-state index contributed by atoms with van der Waals surface area (Å²) in [5.74, 6) is 1.18. The minimum absolute atomic E-state index is 0.136. The number of nitrogens with two attached hydrogens (primary N) is 2. The lowest BCUT2D eigenvalue weighted by Gasteiger charge is -2.42. The number of hydrogen-bond donors (Lipinski definition) is 4. The molecule has 6 N–H and O–H groups in total. The number of nitrogens with one attached hydrogen (secondary N) is 2. The topological polar surface area (TPSA) is 93.9 Å². The van der Waals surface area contributed by atoms with E-state index in [-0.39, 0.29) is 5.41 Å². The van der Waals surface area contributed by atoms with Gasteiger partial charge in [0.2, 0.25) is 0 Å². The van der Waals surface area contributed by atoms with Gasteiger partial charge in [0.25, 0.3) is 0 Å². The summed E-state index contributed by atoms with van der Waals surface area (Å²) in [6, 6.07) is 8.89. The predicted molar refractivity (Wildman–Crippen MR) is 115 cm³/mol. The van der Waals surface area contributed by atoms with Crippen molar-refractivity contribution in [3.05, 3.63) is 54.1 Å². The number of aromatic nitrogens is 2. The normalized spacial score (nSPS) is 27.5. The third-order valence-electron chi connectivity index (χ3n) is 6.06. The molecule has 2 heterocycles. The van der Waals surface area contributed by atoms with Crippen LogP contribution in [0.25, 0.3) is 5.70 Å². The van der Waals surface area contributed by atoms with Gasteiger partial charge in [-0.25, -0.2) is 9.66 Å². The molecule has 6 heteroatoms. The monoisotopic (exact) mass is 380 g/mol. The fourth-order valence-corrected chi connectivity index (χ4v) is 4.24. The fourth-order valence-electron chi connectivity index (χ4n) is 4.24. The van der Waals surface area contributed by atoms with Crippen molar-refractivity contribution < 1.29 is 0 Å². The molecule has 0 bridgehead atoms. The quantitative estimate of drug-likeness (QED) is 0.655. The zero-order valence-corrected chi connectivity index (χ0v) is 17.1. The van der Waals surface area contributed by atoms with Gasteiger partial charge in [0.1, 0.15) is 5.66 Å². The number of hydrogen-bond acceptors (Lipinski definition) is 5. The summed E-state index contributed by atoms with van der Waals surface area (Å²) >= 11 is 0. The molecule has 1 fully saturated rings. The first-order valence-corrected chi connectivity index (χ1v) is 10.2. The van der Waals surface area contributed by atoms with Gasteiger partial charge in [-0.05, 0) is 54.9 Å². The van der Waals surface area contributed by atoms with Crippen molar-refractivity contribution >= 4 is 11.4 Å². The maximum atomic E-state index is 6.86. The van der Waals surface area contributed by atoms with E-state index in [9.17, 15) is 0 Å². The van der Waals surface area contributed by atoms with Crippen molar-refractivity contribution in [3.8, 4) is 0 Å². The third-order valence-corrected chi connectivity index (χ3v) is 6.06. The lowest BCUT2D eigenvalue weighted by molar-refractivity contribution is 0.239. The van der Waals surface area contributed by atoms with Crippen LogP contribution < -0.4 is 22.2 Å². The Morgan fingerprint density at radius 1 is 1.14 bits per heavy atom. The Morgan fingerprint density at radius 3 is 2.46 bits per heavy atom. The van der Waals surface area contributed by atoms with Crippen LogP contribution in [0.3, 0.4) is 0 Å². The largest absolute Gasteiger partial charge is 0.353 e. The maximum absolute atomic E-state index is 6.86. The van der Waals surface area contributed by atoms with Crippen molar-refractivity contribution in [2.45, 2.75) is 63.6 Å². The van der Waals surface area contributed by atoms with Gasteiger partial charge in [0.15, 0.2) is 5.82 Å². The summed E-state index contributed by atoms with van der Waals surface area (Å²) in [6.45, 7) is 6.67. The Morgan fingerprint density at radius 2 is 1.82 bits per heavy atom. The molecular formula is C22H32N6. The molecule has 6 nitrogen and oxygen atoms in total. The molecule has 1 unspecified atom stereocenters. The van der Waals surface area contributed by atoms with E-state index in [0.717, 1.165) is 42.9 Å². The van der Waals surface area contributed by atoms with E-state index < -0.39 is 5.66 Å². The number of benzene rings is 1. The van der Waals surface area contributed by atoms with Crippen LogP contribution in [0.1, 0.15) is 57.8 Å². The van der Waals surface area contributed by atoms with Crippen LogP contribution in [0.5, 0.6) is 0 Å². The minimum Gasteiger partial charge on any atom is -0.353 e. The summed E-state index contributed by atoms with van der Waals surface area (Å²) in [4.78, 5) is 4.51. The predicted octanol–water partition coefficient (Wildman–Crippen LogP) is 3.36. The fraction of sp³-hybridized carbons (Fsp3) is 0.500. The van der Waals surface area contributed by atoms with Gasteiger partial charge in [-0.2, -0.15) is 0 Å². The molecule has 1 aromatic carbocycles. The van der Waals surface area contributed by atoms with E-state index in [2.05, 4.69) is 66.8 Å². The zero-order chi connectivity index (χ0) is 19.9. The van der Waals surface area contributed by atoms with Gasteiger partial charge in [-0.1, -0.05) is 32.9 Å². The molecular weight excluding hydrogens is 348 g/mol. The molecule has 0 spiro atoms. The Labute approximate surface area is 167 Å². The molecule has 28 heavy (non-hydrogen) atoms. The van der Waals surface area contributed by atoms with E-state index in [1.807, 2.05) is 10.9 Å². The summed E-state index contributed by atoms with van der Waals surface area (Å²) in [5, 5.41) is 3.54. The van der Waals surface area contributed by atoms with E-state index in [4.69, 9.17) is 11.5 Å². The molecule has 1 atom stereocenters. The highest BCUT2D eigenvalue weighted by molar-refractivity contribution is 5.76. The first-order valence-electron chi connectivity index (χ1n) is 10.2. The van der Waals surface area contributed by atoms with E-state index in [1.165, 1.54) is 5.56 Å². The minimum atomic E-state index is -0.623. The van der Waals surface area contributed by atoms with Crippen LogP contribution in [0.4, 0.5) is 5.69 Å². The molecule has 4 rings (SSSR count). The number of fused-ring (bicyclic) bond motifs is 1. The molecule has 150 valence electrons. The summed E-state index contributed by atoms with van der Waals surface area (Å²) in [5.41, 5.74) is 19.2. The molecule has 1 aliphatic heterocycles. The summed E-state index contributed by atoms with van der Waals surface area (Å²) in [7, 11) is 0. The van der Waals surface area contributed by atoms with E-state index >= 15 is 0 Å². The van der Waals surface area contributed by atoms with E-state index in [0.29, 0.717) is 12.0 Å². The molecule has 0 amide bonds. The van der Waals surface area contributed by atoms with E-state index in [1.54, 1.807) is 6.20 Å². The number of rotatable bonds is 3. The SMILES string of the molecule is CC(C)(C)c1ccc(NC2=CC(N)(C3CCC(N)CC3)Nn3ccnc32)cc1. The van der Waals surface area contributed by atoms with Crippen LogP contribution in [-0.2, 0) is 5.41 Å². The van der Waals surface area contributed by atoms with Gasteiger partial charge in [-0.15, -0.1) is 0 Å². The molecule has 0 radical (unpaired) electrons. The second-order valence-corrected chi connectivity index (χ2v) is 9.29. The Kier molecular flexibility index (Phi) is 4.71. The van der Waals surface area contributed by atoms with Gasteiger partial charge in [0, 0.05) is 30.0 Å². The Hall–Kier alpha value is -2.31. The average Bonchev–Trinajstić information content (AvgIpc) is 3.10. The highest BCUT2D eigenvalue weighted by Crippen LogP contribution is 2.35. The molecule has 1 saturated carbocycles. The van der Waals surface area contributed by atoms with Gasteiger partial charge < -0.3 is 22.2 Å². The Balaban J connectivity index is 1.61. The van der Waals surface area contributed by atoms with Gasteiger partial charge in [-0.3, -0.25) is 0 Å². The van der Waals surface area contributed by atoms with Crippen molar-refractivity contribution in [2.75, 3.05) is 10.7 Å². The van der Waals surface area contributed by atoms with Crippen molar-refractivity contribution in [3.63, 3.8) is 0 Å². The zero-order valence-electron chi connectivity index (χ0n) is 17.1. The number of imidazole rings is 1. The smallest absolute Gasteiger partial charge is 0.174 e. The average molecular weight is 381 g/mol. The van der Waals surface area contributed by atoms with Gasteiger partial charge >= 0.3 is 0 Å². The highest BCUT2D eigenvalue weighted by atomic mass is 15.5. The van der Waals surface area contributed by atoms with Crippen molar-refractivity contribution in [1.82, 2.24) is 9.66 Å². The second kappa shape index (κ2) is 6.94. The van der Waals surface area contributed by atoms with Crippen LogP contribution in [0, 0.1) is 5.92 Å². The van der Waals surface area contributed by atoms with Crippen LogP contribution in [0.15, 0.2) is 42.7 Å². The summed E-state index contributed by atoms with van der Waals surface area (Å²) in [6.07, 6.45) is 9.91. The van der Waals surface area contributed by atoms with Crippen LogP contribution in [0.2, 0.25) is 0 Å². The molecule has 1 aromatic heterocycles. The Bertz CT molecular complexity index is 852. The first kappa shape index (κ1) is 19.0. The lowest BCUT2D eigenvalue weighted by Crippen LogP contribution is -2.58. The highest BCUT2D eigenvalue weighted by Gasteiger charge is 2.39. The maximum Gasteiger partial charge on any atom is 0.174 e. The number of anilines is 1. The second-order valence-electron chi connectivity index (χ2n) is 9.29. The first-order chi connectivity index (χ1) is 13.2. The third kappa shape index (κ3) is 3.66. The van der Waals surface area contributed by atoms with Gasteiger partial charge in [0.05, 0.1) is 5.70 Å². The molecule has 0 saturated heterocycles. The van der Waals surface area contributed by atoms with Crippen molar-refractivity contribution in [1.29, 1.82) is 0 Å². The van der Waals surface area contributed by atoms with Crippen molar-refractivity contribution in [2.24, 2.45) is 17.4 Å². The molecule has 1 aliphatic carbocycles. The summed E-state index contributed by atoms with van der Waals surface area (Å²) < 4.78 is 1.93. The number of nitrogens with zero attached hydrogens (tertiary/aromatic N) is 2. The molecule has 2 aromatic rings.